The summed E-state index contributed by atoms with van der Waals surface area (Å²) >= 11 is 0. The van der Waals surface area contributed by atoms with Gasteiger partial charge in [0.2, 0.25) is 5.88 Å². The molecule has 0 aliphatic heterocycles. The molecule has 0 amide bonds. The topological polar surface area (TPSA) is 34.1 Å². The van der Waals surface area contributed by atoms with Gasteiger partial charge < -0.3 is 10.1 Å². The standard InChI is InChI=1S/C13H20N2O/c1-9(2)10-4-5-13(15-8-10)16-12-6-11(7-12)14-3/h4-5,8-9,11-12,14H,6-7H2,1-3H3/t11-,12-. The maximum absolute atomic E-state index is 5.77. The van der Waals surface area contributed by atoms with E-state index in [1.165, 1.54) is 5.56 Å². The number of hydrogen-bond donors (Lipinski definition) is 1. The molecule has 1 aliphatic rings. The van der Waals surface area contributed by atoms with Crippen LogP contribution in [0.15, 0.2) is 18.3 Å². The number of aromatic nitrogens is 1. The molecule has 1 aromatic rings. The molecule has 1 heterocycles. The van der Waals surface area contributed by atoms with Gasteiger partial charge in [0.05, 0.1) is 0 Å². The number of pyridine rings is 1. The van der Waals surface area contributed by atoms with Crippen molar-refractivity contribution in [3.8, 4) is 5.88 Å². The van der Waals surface area contributed by atoms with Gasteiger partial charge in [0.25, 0.3) is 0 Å². The number of rotatable bonds is 4. The first kappa shape index (κ1) is 11.4. The van der Waals surface area contributed by atoms with Gasteiger partial charge in [0.15, 0.2) is 0 Å². The Kier molecular flexibility index (Phi) is 3.44. The van der Waals surface area contributed by atoms with Crippen molar-refractivity contribution in [2.45, 2.75) is 44.8 Å². The van der Waals surface area contributed by atoms with Crippen LogP contribution in [0.2, 0.25) is 0 Å². The van der Waals surface area contributed by atoms with Gasteiger partial charge in [-0.05, 0) is 31.4 Å². The number of ether oxygens (including phenoxy) is 1. The van der Waals surface area contributed by atoms with Crippen molar-refractivity contribution in [3.05, 3.63) is 23.9 Å². The first-order valence-electron chi connectivity index (χ1n) is 5.99. The lowest BCUT2D eigenvalue weighted by Crippen LogP contribution is -2.45. The average Bonchev–Trinajstić information content (AvgIpc) is 2.23. The first-order chi connectivity index (χ1) is 7.69. The molecule has 88 valence electrons. The highest BCUT2D eigenvalue weighted by Gasteiger charge is 2.29. The van der Waals surface area contributed by atoms with Gasteiger partial charge in [-0.3, -0.25) is 0 Å². The lowest BCUT2D eigenvalue weighted by atomic mass is 9.89. The van der Waals surface area contributed by atoms with Crippen LogP contribution in [-0.2, 0) is 0 Å². The number of nitrogens with one attached hydrogen (secondary N) is 1. The summed E-state index contributed by atoms with van der Waals surface area (Å²) in [5, 5.41) is 3.24. The molecule has 3 nitrogen and oxygen atoms in total. The van der Waals surface area contributed by atoms with Crippen LogP contribution in [0.4, 0.5) is 0 Å². The zero-order valence-corrected chi connectivity index (χ0v) is 10.2. The molecular formula is C13H20N2O. The molecule has 16 heavy (non-hydrogen) atoms. The first-order valence-corrected chi connectivity index (χ1v) is 5.99. The van der Waals surface area contributed by atoms with Crippen molar-refractivity contribution in [2.75, 3.05) is 7.05 Å². The molecule has 0 saturated heterocycles. The molecule has 0 aromatic carbocycles. The van der Waals surface area contributed by atoms with Crippen LogP contribution in [0, 0.1) is 0 Å². The normalized spacial score (nSPS) is 24.2. The third-order valence-corrected chi connectivity index (χ3v) is 3.22. The number of hydrogen-bond acceptors (Lipinski definition) is 3. The summed E-state index contributed by atoms with van der Waals surface area (Å²) < 4.78 is 5.77. The Hall–Kier alpha value is -1.09. The summed E-state index contributed by atoms with van der Waals surface area (Å²) in [6.45, 7) is 4.34. The molecule has 3 heteroatoms. The molecule has 0 radical (unpaired) electrons. The Bertz CT molecular complexity index is 328. The summed E-state index contributed by atoms with van der Waals surface area (Å²) in [5.41, 5.74) is 1.26. The maximum Gasteiger partial charge on any atom is 0.213 e. The molecule has 0 spiro atoms. The maximum atomic E-state index is 5.77. The monoisotopic (exact) mass is 220 g/mol. The summed E-state index contributed by atoms with van der Waals surface area (Å²) in [6.07, 6.45) is 4.43. The van der Waals surface area contributed by atoms with Gasteiger partial charge in [-0.2, -0.15) is 0 Å². The Morgan fingerprint density at radius 1 is 1.38 bits per heavy atom. The predicted molar refractivity (Wildman–Crippen MR) is 64.8 cm³/mol. The van der Waals surface area contributed by atoms with Crippen LogP contribution in [0.5, 0.6) is 5.88 Å². The Labute approximate surface area is 97.2 Å². The second kappa shape index (κ2) is 4.83. The minimum Gasteiger partial charge on any atom is -0.474 e. The van der Waals surface area contributed by atoms with E-state index >= 15 is 0 Å². The van der Waals surface area contributed by atoms with E-state index in [4.69, 9.17) is 4.74 Å². The van der Waals surface area contributed by atoms with Crippen molar-refractivity contribution < 1.29 is 4.74 Å². The van der Waals surface area contributed by atoms with Crippen molar-refractivity contribution in [3.63, 3.8) is 0 Å². The van der Waals surface area contributed by atoms with Crippen molar-refractivity contribution in [2.24, 2.45) is 0 Å². The van der Waals surface area contributed by atoms with E-state index in [0.29, 0.717) is 18.1 Å². The van der Waals surface area contributed by atoms with Gasteiger partial charge in [0.1, 0.15) is 6.10 Å². The second-order valence-corrected chi connectivity index (χ2v) is 4.78. The van der Waals surface area contributed by atoms with Crippen LogP contribution in [0.1, 0.15) is 38.2 Å². The average molecular weight is 220 g/mol. The van der Waals surface area contributed by atoms with E-state index in [1.807, 2.05) is 19.3 Å². The second-order valence-electron chi connectivity index (χ2n) is 4.78. The molecule has 1 fully saturated rings. The quantitative estimate of drug-likeness (QED) is 0.845. The van der Waals surface area contributed by atoms with E-state index in [2.05, 4.69) is 30.2 Å². The van der Waals surface area contributed by atoms with Crippen molar-refractivity contribution in [1.82, 2.24) is 10.3 Å². The van der Waals surface area contributed by atoms with E-state index in [1.54, 1.807) is 0 Å². The van der Waals surface area contributed by atoms with E-state index in [-0.39, 0.29) is 0 Å². The highest BCUT2D eigenvalue weighted by atomic mass is 16.5. The minimum absolute atomic E-state index is 0.342. The van der Waals surface area contributed by atoms with E-state index in [0.717, 1.165) is 18.7 Å². The highest BCUT2D eigenvalue weighted by molar-refractivity contribution is 5.20. The molecule has 0 unspecified atom stereocenters. The third kappa shape index (κ3) is 2.53. The zero-order valence-electron chi connectivity index (χ0n) is 10.2. The van der Waals surface area contributed by atoms with E-state index in [9.17, 15) is 0 Å². The van der Waals surface area contributed by atoms with E-state index < -0.39 is 0 Å². The van der Waals surface area contributed by atoms with Crippen LogP contribution in [-0.4, -0.2) is 24.2 Å². The Morgan fingerprint density at radius 2 is 2.12 bits per heavy atom. The van der Waals surface area contributed by atoms with Crippen LogP contribution >= 0.6 is 0 Å². The molecule has 0 bridgehead atoms. The van der Waals surface area contributed by atoms with Crippen LogP contribution < -0.4 is 10.1 Å². The Morgan fingerprint density at radius 3 is 2.62 bits per heavy atom. The van der Waals surface area contributed by atoms with Gasteiger partial charge in [-0.25, -0.2) is 4.98 Å². The molecule has 2 rings (SSSR count). The van der Waals surface area contributed by atoms with Crippen LogP contribution in [0.25, 0.3) is 0 Å². The van der Waals surface area contributed by atoms with Crippen LogP contribution in [0.3, 0.4) is 0 Å². The van der Waals surface area contributed by atoms with Crippen molar-refractivity contribution >= 4 is 0 Å². The summed E-state index contributed by atoms with van der Waals surface area (Å²) in [7, 11) is 2.00. The largest absolute Gasteiger partial charge is 0.474 e. The fraction of sp³-hybridized carbons (Fsp3) is 0.615. The van der Waals surface area contributed by atoms with Gasteiger partial charge in [0, 0.05) is 18.3 Å². The van der Waals surface area contributed by atoms with Gasteiger partial charge in [-0.1, -0.05) is 19.9 Å². The molecule has 1 aromatic heterocycles. The number of nitrogens with zero attached hydrogens (tertiary/aromatic N) is 1. The molecule has 0 atom stereocenters. The smallest absolute Gasteiger partial charge is 0.213 e. The lowest BCUT2D eigenvalue weighted by molar-refractivity contribution is 0.0839. The van der Waals surface area contributed by atoms with Gasteiger partial charge >= 0.3 is 0 Å². The Balaban J connectivity index is 1.86. The third-order valence-electron chi connectivity index (χ3n) is 3.22. The highest BCUT2D eigenvalue weighted by Crippen LogP contribution is 2.25. The summed E-state index contributed by atoms with van der Waals surface area (Å²) in [5.74, 6) is 1.28. The molecule has 1 aliphatic carbocycles. The summed E-state index contributed by atoms with van der Waals surface area (Å²) in [4.78, 5) is 4.33. The molecule has 1 N–H and O–H groups in total. The SMILES string of the molecule is CN[C@H]1C[C@H](Oc2ccc(C(C)C)cn2)C1. The molecule has 1 saturated carbocycles. The minimum atomic E-state index is 0.342. The van der Waals surface area contributed by atoms with Gasteiger partial charge in [-0.15, -0.1) is 0 Å². The zero-order chi connectivity index (χ0) is 11.5. The fourth-order valence-electron chi connectivity index (χ4n) is 1.87. The predicted octanol–water partition coefficient (Wildman–Crippen LogP) is 2.33. The fourth-order valence-corrected chi connectivity index (χ4v) is 1.87. The summed E-state index contributed by atoms with van der Waals surface area (Å²) in [6, 6.07) is 4.70. The molecular weight excluding hydrogens is 200 g/mol. The lowest BCUT2D eigenvalue weighted by Gasteiger charge is -2.34. The van der Waals surface area contributed by atoms with Crippen molar-refractivity contribution in [1.29, 1.82) is 0 Å².